The third-order valence-electron chi connectivity index (χ3n) is 2.11. The molecule has 0 fully saturated rings. The van der Waals surface area contributed by atoms with Crippen molar-refractivity contribution in [1.82, 2.24) is 0 Å². The summed E-state index contributed by atoms with van der Waals surface area (Å²) in [6.07, 6.45) is 6.24. The van der Waals surface area contributed by atoms with Crippen molar-refractivity contribution in [2.45, 2.75) is 13.8 Å². The molecule has 0 bridgehead atoms. The molecule has 18 heavy (non-hydrogen) atoms. The molecule has 96 valence electrons. The molecule has 0 aromatic rings. The molecule has 0 amide bonds. The number of hydrogen-bond donors (Lipinski definition) is 0. The predicted octanol–water partition coefficient (Wildman–Crippen LogP) is 2.81. The Morgan fingerprint density at radius 3 is 1.89 bits per heavy atom. The Labute approximate surface area is 107 Å². The van der Waals surface area contributed by atoms with Gasteiger partial charge in [-0.05, 0) is 31.6 Å². The lowest BCUT2D eigenvalue weighted by Gasteiger charge is -2.13. The first kappa shape index (κ1) is 15.6. The Kier molecular flexibility index (Phi) is 7.61. The maximum Gasteiger partial charge on any atom is 0.298 e. The summed E-state index contributed by atoms with van der Waals surface area (Å²) in [6, 6.07) is 0. The minimum absolute atomic E-state index is 0.188. The Bertz CT molecular complexity index is 425. The van der Waals surface area contributed by atoms with Crippen LogP contribution in [-0.2, 0) is 19.1 Å². The van der Waals surface area contributed by atoms with Gasteiger partial charge in [-0.15, -0.1) is 0 Å². The molecule has 0 rings (SSSR count). The van der Waals surface area contributed by atoms with E-state index in [1.165, 1.54) is 6.08 Å². The van der Waals surface area contributed by atoms with Gasteiger partial charge in [-0.2, -0.15) is 0 Å². The number of rotatable bonds is 8. The standard InChI is InChI=1S/C14H16O4/c1-5-11(6-2)14(12(7-3)17-9-15)13(8-4)18-10-16/h5-10H,1,3H2,2,4H3/b11-6-,13-8+,14-12-. The molecule has 0 saturated carbocycles. The second kappa shape index (κ2) is 8.75. The van der Waals surface area contributed by atoms with Crippen molar-refractivity contribution >= 4 is 12.9 Å². The summed E-state index contributed by atoms with van der Waals surface area (Å²) < 4.78 is 9.68. The normalized spacial score (nSPS) is 13.2. The van der Waals surface area contributed by atoms with E-state index in [0.717, 1.165) is 0 Å². The van der Waals surface area contributed by atoms with Crippen LogP contribution in [0.3, 0.4) is 0 Å². The monoisotopic (exact) mass is 248 g/mol. The van der Waals surface area contributed by atoms with Crippen LogP contribution >= 0.6 is 0 Å². The van der Waals surface area contributed by atoms with E-state index in [0.29, 0.717) is 17.6 Å². The van der Waals surface area contributed by atoms with Gasteiger partial charge in [-0.1, -0.05) is 25.3 Å². The van der Waals surface area contributed by atoms with Crippen LogP contribution in [0.2, 0.25) is 0 Å². The smallest absolute Gasteiger partial charge is 0.298 e. The number of carbonyl (C=O) groups excluding carboxylic acids is 2. The van der Waals surface area contributed by atoms with Gasteiger partial charge in [-0.25, -0.2) is 0 Å². The second-order valence-electron chi connectivity index (χ2n) is 2.97. The number of allylic oxidation sites excluding steroid dienone is 5. The summed E-state index contributed by atoms with van der Waals surface area (Å²) in [7, 11) is 0. The molecule has 0 unspecified atom stereocenters. The Hall–Kier alpha value is -2.36. The van der Waals surface area contributed by atoms with E-state index < -0.39 is 0 Å². The molecule has 0 aromatic carbocycles. The average molecular weight is 248 g/mol. The van der Waals surface area contributed by atoms with Crippen molar-refractivity contribution in [2.75, 3.05) is 0 Å². The summed E-state index contributed by atoms with van der Waals surface area (Å²) in [4.78, 5) is 20.9. The largest absolute Gasteiger partial charge is 0.428 e. The summed E-state index contributed by atoms with van der Waals surface area (Å²) in [5.74, 6) is 0.447. The molecule has 0 heterocycles. The maximum absolute atomic E-state index is 10.5. The van der Waals surface area contributed by atoms with Crippen LogP contribution in [0.5, 0.6) is 0 Å². The highest BCUT2D eigenvalue weighted by molar-refractivity contribution is 5.57. The fourth-order valence-corrected chi connectivity index (χ4v) is 1.35. The van der Waals surface area contributed by atoms with Gasteiger partial charge in [0, 0.05) is 0 Å². The first-order chi connectivity index (χ1) is 8.69. The van der Waals surface area contributed by atoms with Crippen molar-refractivity contribution in [3.8, 4) is 0 Å². The Balaban J connectivity index is 5.97. The molecular formula is C14H16O4. The van der Waals surface area contributed by atoms with Crippen LogP contribution in [0.4, 0.5) is 0 Å². The van der Waals surface area contributed by atoms with Gasteiger partial charge >= 0.3 is 0 Å². The zero-order valence-corrected chi connectivity index (χ0v) is 10.5. The van der Waals surface area contributed by atoms with E-state index in [2.05, 4.69) is 13.2 Å². The van der Waals surface area contributed by atoms with Crippen molar-refractivity contribution in [2.24, 2.45) is 0 Å². The second-order valence-corrected chi connectivity index (χ2v) is 2.97. The van der Waals surface area contributed by atoms with Crippen LogP contribution in [-0.4, -0.2) is 12.9 Å². The van der Waals surface area contributed by atoms with Crippen LogP contribution in [0.25, 0.3) is 0 Å². The highest BCUT2D eigenvalue weighted by Gasteiger charge is 2.15. The van der Waals surface area contributed by atoms with Gasteiger partial charge < -0.3 is 9.47 Å². The predicted molar refractivity (Wildman–Crippen MR) is 69.2 cm³/mol. The molecule has 0 N–H and O–H groups in total. The SMILES string of the molecule is C=CC(=C/C)/C(=C(\C=C)OC=O)C(=C\C)/OC=O. The summed E-state index contributed by atoms with van der Waals surface area (Å²) in [6.45, 7) is 11.3. The van der Waals surface area contributed by atoms with Crippen LogP contribution in [0.1, 0.15) is 13.8 Å². The van der Waals surface area contributed by atoms with E-state index >= 15 is 0 Å². The molecule has 0 spiro atoms. The third-order valence-corrected chi connectivity index (χ3v) is 2.11. The quantitative estimate of drug-likeness (QED) is 0.376. The molecule has 4 nitrogen and oxygen atoms in total. The van der Waals surface area contributed by atoms with Gasteiger partial charge in [0.05, 0.1) is 5.57 Å². The van der Waals surface area contributed by atoms with Gasteiger partial charge in [0.15, 0.2) is 0 Å². The number of carbonyl (C=O) groups is 2. The summed E-state index contributed by atoms with van der Waals surface area (Å²) >= 11 is 0. The minimum atomic E-state index is 0.188. The van der Waals surface area contributed by atoms with E-state index in [1.807, 2.05) is 0 Å². The van der Waals surface area contributed by atoms with Crippen molar-refractivity contribution in [1.29, 1.82) is 0 Å². The molecule has 0 aliphatic carbocycles. The maximum atomic E-state index is 10.5. The molecular weight excluding hydrogens is 232 g/mol. The average Bonchev–Trinajstić information content (AvgIpc) is 2.40. The van der Waals surface area contributed by atoms with Gasteiger partial charge in [-0.3, -0.25) is 9.59 Å². The lowest BCUT2D eigenvalue weighted by Crippen LogP contribution is -2.03. The summed E-state index contributed by atoms with van der Waals surface area (Å²) in [5, 5.41) is 0. The molecule has 0 radical (unpaired) electrons. The van der Waals surface area contributed by atoms with Crippen molar-refractivity contribution in [3.05, 3.63) is 60.1 Å². The van der Waals surface area contributed by atoms with E-state index in [4.69, 9.17) is 9.47 Å². The highest BCUT2D eigenvalue weighted by Crippen LogP contribution is 2.26. The third kappa shape index (κ3) is 3.90. The minimum Gasteiger partial charge on any atom is -0.428 e. The first-order valence-electron chi connectivity index (χ1n) is 5.23. The molecule has 0 aromatic heterocycles. The van der Waals surface area contributed by atoms with E-state index in [1.54, 1.807) is 32.1 Å². The molecule has 0 aliphatic rings. The molecule has 0 saturated heterocycles. The fourth-order valence-electron chi connectivity index (χ4n) is 1.35. The zero-order valence-electron chi connectivity index (χ0n) is 10.5. The van der Waals surface area contributed by atoms with Crippen LogP contribution in [0.15, 0.2) is 60.1 Å². The molecule has 0 atom stereocenters. The van der Waals surface area contributed by atoms with Gasteiger partial charge in [0.25, 0.3) is 12.9 Å². The zero-order chi connectivity index (χ0) is 14.0. The molecule has 4 heteroatoms. The highest BCUT2D eigenvalue weighted by atomic mass is 16.5. The first-order valence-corrected chi connectivity index (χ1v) is 5.23. The Morgan fingerprint density at radius 1 is 0.944 bits per heavy atom. The van der Waals surface area contributed by atoms with Crippen LogP contribution < -0.4 is 0 Å². The topological polar surface area (TPSA) is 52.6 Å². The van der Waals surface area contributed by atoms with E-state index in [9.17, 15) is 9.59 Å². The molecule has 0 aliphatic heterocycles. The Morgan fingerprint density at radius 2 is 1.56 bits per heavy atom. The summed E-state index contributed by atoms with van der Waals surface area (Å²) in [5.41, 5.74) is 1.09. The van der Waals surface area contributed by atoms with E-state index in [-0.39, 0.29) is 18.0 Å². The number of ether oxygens (including phenoxy) is 2. The van der Waals surface area contributed by atoms with Gasteiger partial charge in [0.1, 0.15) is 11.5 Å². The fraction of sp³-hybridized carbons (Fsp3) is 0.143. The lowest BCUT2D eigenvalue weighted by molar-refractivity contribution is -0.124. The van der Waals surface area contributed by atoms with Crippen molar-refractivity contribution in [3.63, 3.8) is 0 Å². The van der Waals surface area contributed by atoms with Crippen LogP contribution in [0, 0.1) is 0 Å². The lowest BCUT2D eigenvalue weighted by atomic mass is 10.0. The van der Waals surface area contributed by atoms with Gasteiger partial charge in [0.2, 0.25) is 0 Å². The van der Waals surface area contributed by atoms with Crippen molar-refractivity contribution < 1.29 is 19.1 Å². The number of hydrogen-bond acceptors (Lipinski definition) is 4.